The van der Waals surface area contributed by atoms with Crippen molar-refractivity contribution in [2.45, 2.75) is 72.3 Å². The fourth-order valence-corrected chi connectivity index (χ4v) is 6.00. The Morgan fingerprint density at radius 2 is 1.98 bits per heavy atom. The van der Waals surface area contributed by atoms with Gasteiger partial charge in [0.05, 0.1) is 11.9 Å². The standard InChI is InChI=1S/C31H37FN6O2/c1-18(2)23-15-26(22-7-8-24(32)19(3)13-22)36-38-17-27(34-29(23)38)30(40)37-12-10-21(20(4)16-31(37,5)6)14-28(39)25-9-11-33-35-25/h7-9,11,13,15,17-18,20-21H,10,12,14,16H2,1-6H3,(H,33,35). The first kappa shape index (κ1) is 27.7. The number of hydrogen-bond donors (Lipinski definition) is 1. The molecule has 1 saturated heterocycles. The Hall–Kier alpha value is -3.88. The van der Waals surface area contributed by atoms with Gasteiger partial charge in [-0.15, -0.1) is 0 Å². The summed E-state index contributed by atoms with van der Waals surface area (Å²) in [6, 6.07) is 8.64. The fourth-order valence-electron chi connectivity index (χ4n) is 6.00. The molecule has 8 nitrogen and oxygen atoms in total. The van der Waals surface area contributed by atoms with Gasteiger partial charge in [0.1, 0.15) is 17.2 Å². The first-order valence-corrected chi connectivity index (χ1v) is 14.0. The van der Waals surface area contributed by atoms with Gasteiger partial charge >= 0.3 is 0 Å². The number of H-pyrrole nitrogens is 1. The molecule has 0 saturated carbocycles. The van der Waals surface area contributed by atoms with Crippen LogP contribution in [0.4, 0.5) is 4.39 Å². The van der Waals surface area contributed by atoms with E-state index in [1.165, 1.54) is 6.07 Å². The molecule has 1 N–H and O–H groups in total. The van der Waals surface area contributed by atoms with Gasteiger partial charge in [-0.1, -0.05) is 20.8 Å². The number of ketones is 1. The van der Waals surface area contributed by atoms with Crippen LogP contribution in [0.3, 0.4) is 0 Å². The van der Waals surface area contributed by atoms with Gasteiger partial charge < -0.3 is 4.90 Å². The summed E-state index contributed by atoms with van der Waals surface area (Å²) in [5, 5.41) is 11.4. The Balaban J connectivity index is 1.44. The molecule has 2 unspecified atom stereocenters. The van der Waals surface area contributed by atoms with Gasteiger partial charge in [0.25, 0.3) is 5.91 Å². The molecule has 3 aromatic heterocycles. The zero-order chi connectivity index (χ0) is 28.8. The highest BCUT2D eigenvalue weighted by Gasteiger charge is 2.39. The van der Waals surface area contributed by atoms with Gasteiger partial charge in [0, 0.05) is 35.8 Å². The number of nitrogens with one attached hydrogen (secondary N) is 1. The molecule has 0 spiro atoms. The van der Waals surface area contributed by atoms with Crippen LogP contribution < -0.4 is 0 Å². The molecule has 0 aliphatic carbocycles. The van der Waals surface area contributed by atoms with Crippen molar-refractivity contribution in [1.29, 1.82) is 0 Å². The van der Waals surface area contributed by atoms with Crippen LogP contribution in [-0.4, -0.2) is 53.5 Å². The lowest BCUT2D eigenvalue weighted by Gasteiger charge is -2.37. The number of benzene rings is 1. The number of aromatic nitrogens is 5. The van der Waals surface area contributed by atoms with Crippen molar-refractivity contribution in [3.8, 4) is 11.3 Å². The second kappa shape index (κ2) is 10.6. The molecule has 0 radical (unpaired) electrons. The average molecular weight is 545 g/mol. The number of Topliss-reactive ketones (excluding diaryl/α,β-unsaturated/α-hetero) is 1. The van der Waals surface area contributed by atoms with Crippen LogP contribution in [0.1, 0.15) is 91.9 Å². The predicted molar refractivity (Wildman–Crippen MR) is 152 cm³/mol. The van der Waals surface area contributed by atoms with Crippen LogP contribution >= 0.6 is 0 Å². The third-order valence-corrected chi connectivity index (χ3v) is 8.32. The number of amides is 1. The lowest BCUT2D eigenvalue weighted by atomic mass is 9.81. The Morgan fingerprint density at radius 3 is 2.65 bits per heavy atom. The van der Waals surface area contributed by atoms with Crippen molar-refractivity contribution in [3.63, 3.8) is 0 Å². The van der Waals surface area contributed by atoms with Crippen molar-refractivity contribution >= 4 is 17.3 Å². The molecule has 2 atom stereocenters. The number of carbonyl (C=O) groups excluding carboxylic acids is 2. The molecule has 210 valence electrons. The van der Waals surface area contributed by atoms with Crippen molar-refractivity contribution in [3.05, 3.63) is 71.1 Å². The van der Waals surface area contributed by atoms with Gasteiger partial charge in [-0.05, 0) is 87.3 Å². The highest BCUT2D eigenvalue weighted by Crippen LogP contribution is 2.37. The summed E-state index contributed by atoms with van der Waals surface area (Å²) < 4.78 is 15.6. The molecular formula is C31H37FN6O2. The molecule has 0 bridgehead atoms. The highest BCUT2D eigenvalue weighted by atomic mass is 19.1. The van der Waals surface area contributed by atoms with E-state index in [1.807, 2.05) is 11.0 Å². The maximum Gasteiger partial charge on any atom is 0.274 e. The summed E-state index contributed by atoms with van der Waals surface area (Å²) in [5.41, 5.74) is 4.12. The van der Waals surface area contributed by atoms with Crippen LogP contribution in [0.25, 0.3) is 16.9 Å². The third-order valence-electron chi connectivity index (χ3n) is 8.32. The minimum atomic E-state index is -0.414. The molecular weight excluding hydrogens is 507 g/mol. The van der Waals surface area contributed by atoms with Crippen molar-refractivity contribution < 1.29 is 14.0 Å². The summed E-state index contributed by atoms with van der Waals surface area (Å²) in [4.78, 5) is 33.5. The SMILES string of the molecule is Cc1cc(-c2cc(C(C)C)c3nc(C(=O)N4CCC(CC(=O)c5ccn[nH]5)C(C)CC4(C)C)cn3n2)ccc1F. The monoisotopic (exact) mass is 544 g/mol. The van der Waals surface area contributed by atoms with Gasteiger partial charge in [0.2, 0.25) is 0 Å². The first-order valence-electron chi connectivity index (χ1n) is 14.0. The Kier molecular flexibility index (Phi) is 7.33. The number of likely N-dealkylation sites (tertiary alicyclic amines) is 1. The average Bonchev–Trinajstić information content (AvgIpc) is 3.56. The second-order valence-corrected chi connectivity index (χ2v) is 12.1. The number of rotatable bonds is 6. The number of nitrogens with zero attached hydrogens (tertiary/aromatic N) is 5. The first-order chi connectivity index (χ1) is 18.9. The van der Waals surface area contributed by atoms with Crippen LogP contribution in [0.5, 0.6) is 0 Å². The number of imidazole rings is 1. The molecule has 4 heterocycles. The predicted octanol–water partition coefficient (Wildman–Crippen LogP) is 6.23. The van der Waals surface area contributed by atoms with Crippen LogP contribution in [0, 0.1) is 24.6 Å². The van der Waals surface area contributed by atoms with Gasteiger partial charge in [0.15, 0.2) is 11.4 Å². The molecule has 9 heteroatoms. The fraction of sp³-hybridized carbons (Fsp3) is 0.452. The molecule has 40 heavy (non-hydrogen) atoms. The second-order valence-electron chi connectivity index (χ2n) is 12.1. The summed E-state index contributed by atoms with van der Waals surface area (Å²) in [6.45, 7) is 12.8. The van der Waals surface area contributed by atoms with E-state index in [1.54, 1.807) is 42.0 Å². The van der Waals surface area contributed by atoms with Crippen molar-refractivity contribution in [1.82, 2.24) is 29.7 Å². The van der Waals surface area contributed by atoms with Gasteiger partial charge in [-0.3, -0.25) is 14.7 Å². The van der Waals surface area contributed by atoms with E-state index < -0.39 is 5.54 Å². The quantitative estimate of drug-likeness (QED) is 0.290. The van der Waals surface area contributed by atoms with E-state index in [-0.39, 0.29) is 35.3 Å². The summed E-state index contributed by atoms with van der Waals surface area (Å²) in [5.74, 6) is 0.205. The zero-order valence-corrected chi connectivity index (χ0v) is 24.0. The van der Waals surface area contributed by atoms with Crippen LogP contribution in [-0.2, 0) is 0 Å². The molecule has 5 rings (SSSR count). The number of aryl methyl sites for hydroxylation is 1. The van der Waals surface area contributed by atoms with E-state index in [2.05, 4.69) is 44.8 Å². The smallest absolute Gasteiger partial charge is 0.274 e. The summed E-state index contributed by atoms with van der Waals surface area (Å²) in [7, 11) is 0. The highest BCUT2D eigenvalue weighted by molar-refractivity contribution is 5.94. The molecule has 1 fully saturated rings. The van der Waals surface area contributed by atoms with Crippen molar-refractivity contribution in [2.24, 2.45) is 11.8 Å². The van der Waals surface area contributed by atoms with E-state index in [9.17, 15) is 14.0 Å². The topological polar surface area (TPSA) is 96.2 Å². The molecule has 1 aromatic carbocycles. The molecule has 1 aliphatic heterocycles. The Labute approximate surface area is 234 Å². The summed E-state index contributed by atoms with van der Waals surface area (Å²) >= 11 is 0. The van der Waals surface area contributed by atoms with Crippen LogP contribution in [0.2, 0.25) is 0 Å². The number of fused-ring (bicyclic) bond motifs is 1. The normalized spacial score (nSPS) is 19.2. The lowest BCUT2D eigenvalue weighted by Crippen LogP contribution is -2.47. The van der Waals surface area contributed by atoms with E-state index in [0.717, 1.165) is 24.0 Å². The zero-order valence-electron chi connectivity index (χ0n) is 24.0. The Morgan fingerprint density at radius 1 is 1.20 bits per heavy atom. The van der Waals surface area contributed by atoms with Gasteiger partial charge in [-0.25, -0.2) is 13.9 Å². The maximum atomic E-state index is 14.0. The van der Waals surface area contributed by atoms with Gasteiger partial charge in [-0.2, -0.15) is 10.2 Å². The maximum absolute atomic E-state index is 14.0. The Bertz CT molecular complexity index is 1560. The largest absolute Gasteiger partial charge is 0.332 e. The number of aromatic amines is 1. The van der Waals surface area contributed by atoms with E-state index in [0.29, 0.717) is 41.3 Å². The van der Waals surface area contributed by atoms with Crippen molar-refractivity contribution in [2.75, 3.05) is 6.54 Å². The minimum Gasteiger partial charge on any atom is -0.332 e. The number of halogens is 1. The molecule has 4 aromatic rings. The summed E-state index contributed by atoms with van der Waals surface area (Å²) in [6.07, 6.45) is 5.21. The number of hydrogen-bond acceptors (Lipinski definition) is 5. The minimum absolute atomic E-state index is 0.0479. The van der Waals surface area contributed by atoms with E-state index >= 15 is 0 Å². The van der Waals surface area contributed by atoms with E-state index in [4.69, 9.17) is 10.1 Å². The molecule has 1 aliphatic rings. The third kappa shape index (κ3) is 5.29. The lowest BCUT2D eigenvalue weighted by molar-refractivity contribution is 0.0536. The molecule has 1 amide bonds. The number of carbonyl (C=O) groups is 2. The van der Waals surface area contributed by atoms with Crippen LogP contribution in [0.15, 0.2) is 42.7 Å².